The first kappa shape index (κ1) is 23.0. The molecule has 2 rings (SSSR count). The lowest BCUT2D eigenvalue weighted by Crippen LogP contribution is -2.33. The minimum atomic E-state index is -0.669. The standard InChI is InChI=1S/C19H21ClFN3O2.ClH/c1-3-15(24-9-11(2)19(22)26)13-6-7-14(20)16(17(13)21)18(25)12-5-4-8-23-10-12;/h4-8,10-11,15,24H,3,9H2,1-2H3,(H2,22,26);1H/t11-,15-;/m1./s1. The van der Waals surface area contributed by atoms with Crippen molar-refractivity contribution < 1.29 is 14.0 Å². The van der Waals surface area contributed by atoms with Crippen molar-refractivity contribution in [3.63, 3.8) is 0 Å². The third-order valence-electron chi connectivity index (χ3n) is 4.21. The van der Waals surface area contributed by atoms with Crippen molar-refractivity contribution in [3.8, 4) is 0 Å². The van der Waals surface area contributed by atoms with E-state index in [0.717, 1.165) is 0 Å². The van der Waals surface area contributed by atoms with Gasteiger partial charge in [-0.15, -0.1) is 12.4 Å². The topological polar surface area (TPSA) is 85.1 Å². The van der Waals surface area contributed by atoms with Crippen molar-refractivity contribution in [2.24, 2.45) is 11.7 Å². The second-order valence-corrected chi connectivity index (χ2v) is 6.48. The van der Waals surface area contributed by atoms with E-state index in [0.29, 0.717) is 18.5 Å². The molecule has 1 amide bonds. The lowest BCUT2D eigenvalue weighted by atomic mass is 9.96. The largest absolute Gasteiger partial charge is 0.369 e. The average molecular weight is 414 g/mol. The zero-order chi connectivity index (χ0) is 19.3. The first-order chi connectivity index (χ1) is 12.4. The van der Waals surface area contributed by atoms with Crippen LogP contribution in [0.5, 0.6) is 0 Å². The molecule has 146 valence electrons. The van der Waals surface area contributed by atoms with E-state index in [1.807, 2.05) is 6.92 Å². The number of carbonyl (C=O) groups is 2. The first-order valence-electron chi connectivity index (χ1n) is 8.32. The predicted octanol–water partition coefficient (Wildman–Crippen LogP) is 3.69. The van der Waals surface area contributed by atoms with Gasteiger partial charge in [0, 0.05) is 42.0 Å². The molecule has 0 bridgehead atoms. The van der Waals surface area contributed by atoms with Crippen LogP contribution in [0.3, 0.4) is 0 Å². The number of pyridine rings is 1. The molecule has 0 spiro atoms. The maximum absolute atomic E-state index is 15.1. The molecule has 0 radical (unpaired) electrons. The van der Waals surface area contributed by atoms with E-state index >= 15 is 4.39 Å². The average Bonchev–Trinajstić information content (AvgIpc) is 2.63. The number of hydrogen-bond acceptors (Lipinski definition) is 4. The van der Waals surface area contributed by atoms with E-state index in [4.69, 9.17) is 17.3 Å². The van der Waals surface area contributed by atoms with Crippen LogP contribution in [0.4, 0.5) is 4.39 Å². The molecule has 0 saturated heterocycles. The van der Waals surface area contributed by atoms with E-state index in [1.165, 1.54) is 18.5 Å². The van der Waals surface area contributed by atoms with Crippen LogP contribution in [0.15, 0.2) is 36.7 Å². The van der Waals surface area contributed by atoms with Crippen LogP contribution in [0.1, 0.15) is 47.8 Å². The molecule has 3 N–H and O–H groups in total. The maximum atomic E-state index is 15.1. The van der Waals surface area contributed by atoms with Crippen LogP contribution in [0.25, 0.3) is 0 Å². The molecule has 8 heteroatoms. The Bertz CT molecular complexity index is 803. The number of carbonyl (C=O) groups excluding carboxylic acids is 2. The lowest BCUT2D eigenvalue weighted by molar-refractivity contribution is -0.121. The number of hydrogen-bond donors (Lipinski definition) is 2. The van der Waals surface area contributed by atoms with Gasteiger partial charge in [0.05, 0.1) is 10.6 Å². The van der Waals surface area contributed by atoms with E-state index in [-0.39, 0.29) is 34.6 Å². The summed E-state index contributed by atoms with van der Waals surface area (Å²) < 4.78 is 15.1. The quantitative estimate of drug-likeness (QED) is 0.646. The molecule has 0 aliphatic rings. The normalized spacial score (nSPS) is 12.7. The van der Waals surface area contributed by atoms with Crippen molar-refractivity contribution in [1.82, 2.24) is 10.3 Å². The summed E-state index contributed by atoms with van der Waals surface area (Å²) in [6.45, 7) is 3.88. The Morgan fingerprint density at radius 1 is 1.33 bits per heavy atom. The molecule has 5 nitrogen and oxygen atoms in total. The van der Waals surface area contributed by atoms with Gasteiger partial charge in [-0.1, -0.05) is 31.5 Å². The number of ketones is 1. The van der Waals surface area contributed by atoms with Gasteiger partial charge in [0.2, 0.25) is 5.91 Å². The molecule has 1 aromatic heterocycles. The number of nitrogens with two attached hydrogens (primary N) is 1. The third-order valence-corrected chi connectivity index (χ3v) is 4.53. The molecule has 2 atom stereocenters. The zero-order valence-corrected chi connectivity index (χ0v) is 16.6. The van der Waals surface area contributed by atoms with E-state index in [9.17, 15) is 9.59 Å². The van der Waals surface area contributed by atoms with E-state index < -0.39 is 23.4 Å². The number of aromatic nitrogens is 1. The fourth-order valence-electron chi connectivity index (χ4n) is 2.58. The van der Waals surface area contributed by atoms with E-state index in [1.54, 1.807) is 25.1 Å². The summed E-state index contributed by atoms with van der Waals surface area (Å²) in [4.78, 5) is 27.7. The smallest absolute Gasteiger partial charge is 0.221 e. The molecule has 1 aromatic carbocycles. The first-order valence-corrected chi connectivity index (χ1v) is 8.69. The van der Waals surface area contributed by atoms with Crippen molar-refractivity contribution in [2.45, 2.75) is 26.3 Å². The molecule has 0 aliphatic heterocycles. The molecule has 2 aromatic rings. The van der Waals surface area contributed by atoms with Gasteiger partial charge in [0.15, 0.2) is 5.78 Å². The maximum Gasteiger partial charge on any atom is 0.221 e. The summed E-state index contributed by atoms with van der Waals surface area (Å²) in [6, 6.07) is 5.83. The Kier molecular flexibility index (Phi) is 8.82. The van der Waals surface area contributed by atoms with Crippen LogP contribution < -0.4 is 11.1 Å². The summed E-state index contributed by atoms with van der Waals surface area (Å²) in [6.07, 6.45) is 3.46. The number of nitrogens with one attached hydrogen (secondary N) is 1. The third kappa shape index (κ3) is 5.48. The molecular weight excluding hydrogens is 392 g/mol. The molecule has 1 heterocycles. The minimum Gasteiger partial charge on any atom is -0.369 e. The highest BCUT2D eigenvalue weighted by atomic mass is 35.5. The van der Waals surface area contributed by atoms with Crippen LogP contribution in [0.2, 0.25) is 5.02 Å². The fourth-order valence-corrected chi connectivity index (χ4v) is 2.81. The Balaban J connectivity index is 0.00000364. The van der Waals surface area contributed by atoms with Gasteiger partial charge in [0.25, 0.3) is 0 Å². The number of primary amides is 1. The summed E-state index contributed by atoms with van der Waals surface area (Å²) in [5.41, 5.74) is 5.66. The van der Waals surface area contributed by atoms with Crippen molar-refractivity contribution in [3.05, 3.63) is 64.2 Å². The van der Waals surface area contributed by atoms with Gasteiger partial charge in [-0.25, -0.2) is 4.39 Å². The van der Waals surface area contributed by atoms with Crippen molar-refractivity contribution in [2.75, 3.05) is 6.54 Å². The highest BCUT2D eigenvalue weighted by molar-refractivity contribution is 6.35. The Morgan fingerprint density at radius 2 is 2.04 bits per heavy atom. The number of benzene rings is 1. The van der Waals surface area contributed by atoms with Crippen LogP contribution in [0, 0.1) is 11.7 Å². The molecular formula is C19H22Cl2FN3O2. The SMILES string of the molecule is CC[C@@H](NC[C@@H](C)C(N)=O)c1ccc(Cl)c(C(=O)c2cccnc2)c1F.Cl. The second kappa shape index (κ2) is 10.3. The number of amides is 1. The molecule has 0 fully saturated rings. The van der Waals surface area contributed by atoms with Crippen LogP contribution in [-0.2, 0) is 4.79 Å². The zero-order valence-electron chi connectivity index (χ0n) is 15.0. The molecule has 27 heavy (non-hydrogen) atoms. The Labute approximate surface area is 168 Å². The number of nitrogens with zero attached hydrogens (tertiary/aromatic N) is 1. The molecule has 0 saturated carbocycles. The molecule has 0 aliphatic carbocycles. The number of halogens is 3. The number of rotatable bonds is 8. The molecule has 0 unspecified atom stereocenters. The fraction of sp³-hybridized carbons (Fsp3) is 0.316. The predicted molar refractivity (Wildman–Crippen MR) is 106 cm³/mol. The van der Waals surface area contributed by atoms with Gasteiger partial charge in [-0.3, -0.25) is 14.6 Å². The van der Waals surface area contributed by atoms with Gasteiger partial charge in [-0.2, -0.15) is 0 Å². The van der Waals surface area contributed by atoms with Gasteiger partial charge in [0.1, 0.15) is 5.82 Å². The summed E-state index contributed by atoms with van der Waals surface area (Å²) in [7, 11) is 0. The Hall–Kier alpha value is -2.02. The monoisotopic (exact) mass is 413 g/mol. The van der Waals surface area contributed by atoms with Crippen molar-refractivity contribution >= 4 is 35.7 Å². The second-order valence-electron chi connectivity index (χ2n) is 6.07. The van der Waals surface area contributed by atoms with Crippen LogP contribution >= 0.6 is 24.0 Å². The van der Waals surface area contributed by atoms with Crippen molar-refractivity contribution in [1.29, 1.82) is 0 Å². The van der Waals surface area contributed by atoms with Gasteiger partial charge in [-0.05, 0) is 24.6 Å². The lowest BCUT2D eigenvalue weighted by Gasteiger charge is -2.21. The summed E-state index contributed by atoms with van der Waals surface area (Å²) >= 11 is 6.10. The minimum absolute atomic E-state index is 0. The summed E-state index contributed by atoms with van der Waals surface area (Å²) in [5, 5.41) is 3.17. The van der Waals surface area contributed by atoms with Crippen LogP contribution in [-0.4, -0.2) is 23.2 Å². The van der Waals surface area contributed by atoms with Gasteiger partial charge < -0.3 is 11.1 Å². The van der Waals surface area contributed by atoms with E-state index in [2.05, 4.69) is 10.3 Å². The highest BCUT2D eigenvalue weighted by Crippen LogP contribution is 2.29. The summed E-state index contributed by atoms with van der Waals surface area (Å²) in [5.74, 6) is -2.02. The van der Waals surface area contributed by atoms with Gasteiger partial charge >= 0.3 is 0 Å². The Morgan fingerprint density at radius 3 is 2.59 bits per heavy atom. The highest BCUT2D eigenvalue weighted by Gasteiger charge is 2.24.